The number of carbonyl (C=O) groups is 1. The molecule has 11 heavy (non-hydrogen) atoms. The highest BCUT2D eigenvalue weighted by molar-refractivity contribution is 6.74. The maximum atomic E-state index is 12.0. The maximum absolute atomic E-state index is 12.0. The fourth-order valence-corrected chi connectivity index (χ4v) is 1.25. The summed E-state index contributed by atoms with van der Waals surface area (Å²) >= 11 is 0. The van der Waals surface area contributed by atoms with E-state index in [1.807, 2.05) is 0 Å². The summed E-state index contributed by atoms with van der Waals surface area (Å²) in [6, 6.07) is 0. The van der Waals surface area contributed by atoms with Gasteiger partial charge in [0.15, 0.2) is 0 Å². The third kappa shape index (κ3) is 2.92. The molecular weight excluding hydrogens is 177 g/mol. The summed E-state index contributed by atoms with van der Waals surface area (Å²) < 4.78 is 40.1. The van der Waals surface area contributed by atoms with Gasteiger partial charge in [0.2, 0.25) is 0 Å². The third-order valence-electron chi connectivity index (χ3n) is 1.08. The van der Waals surface area contributed by atoms with Crippen LogP contribution in [0.15, 0.2) is 0 Å². The zero-order chi connectivity index (χ0) is 9.28. The van der Waals surface area contributed by atoms with E-state index in [1.54, 1.807) is 0 Å². The molecule has 0 amide bonds. The van der Waals surface area contributed by atoms with E-state index < -0.39 is 20.1 Å². The lowest BCUT2D eigenvalue weighted by Gasteiger charge is -2.23. The molecular formula is C5H9F3O2Si. The SMILES string of the molecule is CC(=O)O[Si](C)(C)C(F)(F)F. The minimum atomic E-state index is -4.38. The van der Waals surface area contributed by atoms with E-state index in [9.17, 15) is 18.0 Å². The molecule has 0 rings (SSSR count). The Bertz CT molecular complexity index is 164. The Balaban J connectivity index is 4.34. The molecule has 0 bridgehead atoms. The van der Waals surface area contributed by atoms with Crippen LogP contribution < -0.4 is 0 Å². The van der Waals surface area contributed by atoms with Crippen LogP contribution in [0.1, 0.15) is 6.92 Å². The van der Waals surface area contributed by atoms with Crippen LogP contribution in [0, 0.1) is 0 Å². The van der Waals surface area contributed by atoms with Gasteiger partial charge in [0.05, 0.1) is 0 Å². The predicted molar refractivity (Wildman–Crippen MR) is 35.3 cm³/mol. The largest absolute Gasteiger partial charge is 0.509 e. The molecule has 0 N–H and O–H groups in total. The Morgan fingerprint density at radius 2 is 1.73 bits per heavy atom. The summed E-state index contributed by atoms with van der Waals surface area (Å²) in [5.74, 6) is -5.25. The van der Waals surface area contributed by atoms with E-state index in [0.29, 0.717) is 0 Å². The minimum absolute atomic E-state index is 0.876. The van der Waals surface area contributed by atoms with Gasteiger partial charge in [-0.25, -0.2) is 0 Å². The van der Waals surface area contributed by atoms with Gasteiger partial charge in [-0.15, -0.1) is 0 Å². The summed E-state index contributed by atoms with van der Waals surface area (Å²) in [6.07, 6.45) is 0. The number of alkyl halides is 3. The smallest absolute Gasteiger partial charge is 0.400 e. The molecule has 0 fully saturated rings. The Kier molecular flexibility index (Phi) is 2.71. The van der Waals surface area contributed by atoms with Crippen LogP contribution in [0.4, 0.5) is 13.2 Å². The van der Waals surface area contributed by atoms with Crippen molar-refractivity contribution in [2.24, 2.45) is 0 Å². The molecule has 0 aliphatic heterocycles. The second-order valence-electron chi connectivity index (χ2n) is 2.60. The van der Waals surface area contributed by atoms with Gasteiger partial charge in [-0.2, -0.15) is 13.2 Å². The highest BCUT2D eigenvalue weighted by Gasteiger charge is 2.54. The van der Waals surface area contributed by atoms with Crippen LogP contribution in [0.5, 0.6) is 0 Å². The van der Waals surface area contributed by atoms with Gasteiger partial charge in [-0.3, -0.25) is 4.79 Å². The fourth-order valence-electron chi connectivity index (χ4n) is 0.417. The molecule has 0 aliphatic carbocycles. The lowest BCUT2D eigenvalue weighted by atomic mass is 10.9. The quantitative estimate of drug-likeness (QED) is 0.584. The molecule has 0 unspecified atom stereocenters. The second-order valence-corrected chi connectivity index (χ2v) is 6.39. The van der Waals surface area contributed by atoms with E-state index in [2.05, 4.69) is 4.43 Å². The first-order valence-electron chi connectivity index (χ1n) is 2.93. The van der Waals surface area contributed by atoms with Crippen molar-refractivity contribution in [3.05, 3.63) is 0 Å². The van der Waals surface area contributed by atoms with E-state index in [4.69, 9.17) is 0 Å². The van der Waals surface area contributed by atoms with Gasteiger partial charge in [0.1, 0.15) is 0 Å². The van der Waals surface area contributed by atoms with Gasteiger partial charge in [0.25, 0.3) is 5.97 Å². The van der Waals surface area contributed by atoms with Gasteiger partial charge in [0, 0.05) is 6.92 Å². The maximum Gasteiger partial charge on any atom is 0.400 e. The zero-order valence-electron chi connectivity index (χ0n) is 6.45. The monoisotopic (exact) mass is 186 g/mol. The van der Waals surface area contributed by atoms with E-state index in [1.165, 1.54) is 0 Å². The van der Waals surface area contributed by atoms with Crippen molar-refractivity contribution in [3.8, 4) is 0 Å². The summed E-state index contributed by atoms with van der Waals surface area (Å²) in [5.41, 5.74) is 0. The molecule has 0 spiro atoms. The van der Waals surface area contributed by atoms with Crippen LogP contribution >= 0.6 is 0 Å². The fraction of sp³-hybridized carbons (Fsp3) is 0.800. The van der Waals surface area contributed by atoms with Crippen LogP contribution in [-0.2, 0) is 9.22 Å². The second kappa shape index (κ2) is 2.84. The van der Waals surface area contributed by atoms with Crippen LogP contribution in [0.3, 0.4) is 0 Å². The zero-order valence-corrected chi connectivity index (χ0v) is 7.45. The van der Waals surface area contributed by atoms with Gasteiger partial charge < -0.3 is 4.43 Å². The molecule has 0 aliphatic rings. The van der Waals surface area contributed by atoms with Gasteiger partial charge in [-0.1, -0.05) is 0 Å². The summed E-state index contributed by atoms with van der Waals surface area (Å²) in [5, 5.41) is 0. The molecule has 0 aromatic heterocycles. The number of halogens is 3. The third-order valence-corrected chi connectivity index (χ3v) is 3.24. The van der Waals surface area contributed by atoms with Crippen molar-refractivity contribution in [1.82, 2.24) is 0 Å². The molecule has 0 radical (unpaired) electrons. The normalized spacial score (nSPS) is 12.9. The number of hydrogen-bond donors (Lipinski definition) is 0. The molecule has 0 aromatic carbocycles. The van der Waals surface area contributed by atoms with Crippen molar-refractivity contribution in [1.29, 1.82) is 0 Å². The predicted octanol–water partition coefficient (Wildman–Crippen LogP) is 1.86. The van der Waals surface area contributed by atoms with E-state index in [-0.39, 0.29) is 0 Å². The van der Waals surface area contributed by atoms with E-state index >= 15 is 0 Å². The van der Waals surface area contributed by atoms with Crippen molar-refractivity contribution in [3.63, 3.8) is 0 Å². The number of rotatable bonds is 1. The minimum Gasteiger partial charge on any atom is -0.509 e. The lowest BCUT2D eigenvalue weighted by Crippen LogP contribution is -2.48. The molecule has 0 atom stereocenters. The molecule has 0 heterocycles. The van der Waals surface area contributed by atoms with Crippen molar-refractivity contribution >= 4 is 14.3 Å². The van der Waals surface area contributed by atoms with Crippen LogP contribution in [-0.4, -0.2) is 20.1 Å². The Labute approximate surface area is 63.5 Å². The first-order valence-corrected chi connectivity index (χ1v) is 5.84. The number of carbonyl (C=O) groups excluding carboxylic acids is 1. The Morgan fingerprint density at radius 1 is 1.36 bits per heavy atom. The molecule has 66 valence electrons. The molecule has 0 aromatic rings. The van der Waals surface area contributed by atoms with Crippen LogP contribution in [0.25, 0.3) is 0 Å². The van der Waals surface area contributed by atoms with Crippen molar-refractivity contribution in [2.45, 2.75) is 25.8 Å². The van der Waals surface area contributed by atoms with Crippen molar-refractivity contribution in [2.75, 3.05) is 0 Å². The summed E-state index contributed by atoms with van der Waals surface area (Å²) in [7, 11) is -3.82. The molecule has 0 saturated carbocycles. The molecule has 2 nitrogen and oxygen atoms in total. The van der Waals surface area contributed by atoms with Gasteiger partial charge >= 0.3 is 14.1 Å². The van der Waals surface area contributed by atoms with Crippen molar-refractivity contribution < 1.29 is 22.4 Å². The summed E-state index contributed by atoms with van der Waals surface area (Å²) in [4.78, 5) is 10.2. The Morgan fingerprint density at radius 3 is 1.82 bits per heavy atom. The molecule has 6 heteroatoms. The first kappa shape index (κ1) is 10.5. The average molecular weight is 186 g/mol. The number of hydrogen-bond acceptors (Lipinski definition) is 2. The average Bonchev–Trinajstić information content (AvgIpc) is 1.56. The Hall–Kier alpha value is -0.523. The highest BCUT2D eigenvalue weighted by Crippen LogP contribution is 2.29. The first-order chi connectivity index (χ1) is 4.67. The topological polar surface area (TPSA) is 26.3 Å². The molecule has 0 saturated heterocycles. The lowest BCUT2D eigenvalue weighted by molar-refractivity contribution is -0.137. The van der Waals surface area contributed by atoms with Gasteiger partial charge in [-0.05, 0) is 13.1 Å². The van der Waals surface area contributed by atoms with E-state index in [0.717, 1.165) is 20.0 Å². The summed E-state index contributed by atoms with van der Waals surface area (Å²) in [6.45, 7) is 2.85. The van der Waals surface area contributed by atoms with Crippen LogP contribution in [0.2, 0.25) is 13.1 Å². The highest BCUT2D eigenvalue weighted by atomic mass is 28.4. The standard InChI is InChI=1S/C5H9F3O2Si/c1-4(9)10-11(2,3)5(6,7)8/h1-3H3.